The summed E-state index contributed by atoms with van der Waals surface area (Å²) in [4.78, 5) is 29.9. The molecule has 12 heteroatoms. The molecule has 1 aromatic heterocycles. The molecule has 206 valence electrons. The van der Waals surface area contributed by atoms with Gasteiger partial charge in [-0.15, -0.1) is 0 Å². The summed E-state index contributed by atoms with van der Waals surface area (Å²) < 4.78 is 44.9. The molecule has 3 aliphatic heterocycles. The maximum absolute atomic E-state index is 13.6. The SMILES string of the molecule is COc1ccc2c(c1)S(=O)(=O)Cc1c(C(=O)N3CCOCC3)nn(C3CCCN(C(=O)OC(C)(C)C)C3)c1-2. The first kappa shape index (κ1) is 26.5. The van der Waals surface area contributed by atoms with Crippen LogP contribution in [0.4, 0.5) is 4.79 Å². The highest BCUT2D eigenvalue weighted by molar-refractivity contribution is 7.90. The molecule has 11 nitrogen and oxygen atoms in total. The molecule has 5 rings (SSSR count). The third kappa shape index (κ3) is 4.98. The van der Waals surface area contributed by atoms with E-state index in [4.69, 9.17) is 19.3 Å². The van der Waals surface area contributed by atoms with Crippen LogP contribution in [0.2, 0.25) is 0 Å². The van der Waals surface area contributed by atoms with Crippen LogP contribution in [-0.4, -0.2) is 92.1 Å². The van der Waals surface area contributed by atoms with E-state index in [-0.39, 0.29) is 28.3 Å². The second-order valence-electron chi connectivity index (χ2n) is 10.9. The fraction of sp³-hybridized carbons (Fsp3) is 0.577. The van der Waals surface area contributed by atoms with Crippen LogP contribution < -0.4 is 4.74 Å². The summed E-state index contributed by atoms with van der Waals surface area (Å²) in [6.45, 7) is 8.03. The molecule has 0 N–H and O–H groups in total. The number of likely N-dealkylation sites (tertiary alicyclic amines) is 1. The molecule has 2 fully saturated rings. The lowest BCUT2D eigenvalue weighted by molar-refractivity contribution is 0.0166. The zero-order chi connectivity index (χ0) is 27.2. The van der Waals surface area contributed by atoms with Crippen molar-refractivity contribution in [3.8, 4) is 17.0 Å². The summed E-state index contributed by atoms with van der Waals surface area (Å²) in [7, 11) is -2.26. The van der Waals surface area contributed by atoms with Crippen molar-refractivity contribution >= 4 is 21.8 Å². The first-order valence-electron chi connectivity index (χ1n) is 12.9. The Hall–Kier alpha value is -3.12. The quantitative estimate of drug-likeness (QED) is 0.576. The van der Waals surface area contributed by atoms with Gasteiger partial charge in [0.25, 0.3) is 5.91 Å². The highest BCUT2D eigenvalue weighted by atomic mass is 32.2. The summed E-state index contributed by atoms with van der Waals surface area (Å²) in [5.74, 6) is -0.216. The third-order valence-corrected chi connectivity index (χ3v) is 8.69. The fourth-order valence-corrected chi connectivity index (χ4v) is 6.84. The summed E-state index contributed by atoms with van der Waals surface area (Å²) in [6, 6.07) is 4.67. The zero-order valence-electron chi connectivity index (χ0n) is 22.2. The minimum atomic E-state index is -3.75. The van der Waals surface area contributed by atoms with Gasteiger partial charge < -0.3 is 24.0 Å². The number of hydrogen-bond acceptors (Lipinski definition) is 8. The van der Waals surface area contributed by atoms with Crippen molar-refractivity contribution in [1.29, 1.82) is 0 Å². The number of carbonyl (C=O) groups excluding carboxylic acids is 2. The minimum Gasteiger partial charge on any atom is -0.497 e. The van der Waals surface area contributed by atoms with Gasteiger partial charge in [-0.3, -0.25) is 9.48 Å². The second kappa shape index (κ2) is 9.88. The van der Waals surface area contributed by atoms with E-state index in [1.54, 1.807) is 26.6 Å². The molecule has 0 aliphatic carbocycles. The van der Waals surface area contributed by atoms with Crippen LogP contribution in [-0.2, 0) is 25.1 Å². The number of hydrogen-bond donors (Lipinski definition) is 0. The Morgan fingerprint density at radius 2 is 1.84 bits per heavy atom. The number of amides is 2. The maximum atomic E-state index is 13.6. The monoisotopic (exact) mass is 546 g/mol. The molecule has 4 heterocycles. The summed E-state index contributed by atoms with van der Waals surface area (Å²) in [6.07, 6.45) is 1.04. The average Bonchev–Trinajstić information content (AvgIpc) is 3.26. The number of rotatable bonds is 3. The fourth-order valence-electron chi connectivity index (χ4n) is 5.24. The van der Waals surface area contributed by atoms with E-state index in [1.807, 2.05) is 20.8 Å². The van der Waals surface area contributed by atoms with Crippen LogP contribution in [0.1, 0.15) is 55.7 Å². The Morgan fingerprint density at radius 3 is 2.53 bits per heavy atom. The summed E-state index contributed by atoms with van der Waals surface area (Å²) >= 11 is 0. The maximum Gasteiger partial charge on any atom is 0.410 e. The van der Waals surface area contributed by atoms with Crippen molar-refractivity contribution in [1.82, 2.24) is 19.6 Å². The highest BCUT2D eigenvalue weighted by Crippen LogP contribution is 2.43. The molecule has 0 spiro atoms. The van der Waals surface area contributed by atoms with Crippen molar-refractivity contribution in [3.63, 3.8) is 0 Å². The molecular formula is C26H34N4O7S. The Morgan fingerprint density at radius 1 is 1.11 bits per heavy atom. The van der Waals surface area contributed by atoms with Gasteiger partial charge in [-0.05, 0) is 51.8 Å². The molecule has 1 unspecified atom stereocenters. The van der Waals surface area contributed by atoms with Crippen molar-refractivity contribution in [2.24, 2.45) is 0 Å². The van der Waals surface area contributed by atoms with Crippen LogP contribution in [0.15, 0.2) is 23.1 Å². The first-order valence-corrected chi connectivity index (χ1v) is 14.5. The van der Waals surface area contributed by atoms with E-state index in [9.17, 15) is 18.0 Å². The molecule has 2 amide bonds. The van der Waals surface area contributed by atoms with Gasteiger partial charge >= 0.3 is 6.09 Å². The second-order valence-corrected chi connectivity index (χ2v) is 12.8. The van der Waals surface area contributed by atoms with Crippen molar-refractivity contribution in [2.45, 2.75) is 55.9 Å². The minimum absolute atomic E-state index is 0.140. The van der Waals surface area contributed by atoms with E-state index >= 15 is 0 Å². The number of carbonyl (C=O) groups is 2. The number of nitrogens with zero attached hydrogens (tertiary/aromatic N) is 4. The smallest absolute Gasteiger partial charge is 0.410 e. The number of morpholine rings is 1. The predicted molar refractivity (Wildman–Crippen MR) is 138 cm³/mol. The lowest BCUT2D eigenvalue weighted by atomic mass is 10.0. The van der Waals surface area contributed by atoms with Gasteiger partial charge in [0, 0.05) is 37.3 Å². The molecule has 0 saturated carbocycles. The molecular weight excluding hydrogens is 512 g/mol. The Kier molecular flexibility index (Phi) is 6.89. The summed E-state index contributed by atoms with van der Waals surface area (Å²) in [5.41, 5.74) is 0.994. The largest absolute Gasteiger partial charge is 0.497 e. The Balaban J connectivity index is 1.60. The zero-order valence-corrected chi connectivity index (χ0v) is 23.0. The van der Waals surface area contributed by atoms with Crippen molar-refractivity contribution < 1.29 is 32.2 Å². The van der Waals surface area contributed by atoms with Crippen LogP contribution in [0.3, 0.4) is 0 Å². The molecule has 3 aliphatic rings. The van der Waals surface area contributed by atoms with Gasteiger partial charge in [0.05, 0.1) is 42.7 Å². The van der Waals surface area contributed by atoms with Crippen LogP contribution >= 0.6 is 0 Å². The van der Waals surface area contributed by atoms with Gasteiger partial charge in [-0.1, -0.05) is 0 Å². The normalized spacial score (nSPS) is 20.9. The standard InChI is InChI=1S/C26H34N4O7S/c1-26(2,3)37-25(32)29-9-5-6-17(15-29)30-23-19-8-7-18(35-4)14-21(19)38(33,34)16-20(23)22(27-30)24(31)28-10-12-36-13-11-28/h7-8,14,17H,5-6,9-13,15-16H2,1-4H3. The van der Waals surface area contributed by atoms with Crippen LogP contribution in [0.5, 0.6) is 5.75 Å². The lowest BCUT2D eigenvalue weighted by Crippen LogP contribution is -2.43. The Bertz CT molecular complexity index is 1360. The Labute approximate surface area is 222 Å². The van der Waals surface area contributed by atoms with Gasteiger partial charge in [-0.25, -0.2) is 13.2 Å². The molecule has 0 radical (unpaired) electrons. The lowest BCUT2D eigenvalue weighted by Gasteiger charge is -2.35. The summed E-state index contributed by atoms with van der Waals surface area (Å²) in [5, 5.41) is 4.78. The first-order chi connectivity index (χ1) is 18.0. The predicted octanol–water partition coefficient (Wildman–Crippen LogP) is 2.89. The topological polar surface area (TPSA) is 120 Å². The number of aromatic nitrogens is 2. The number of sulfone groups is 1. The number of fused-ring (bicyclic) bond motifs is 3. The third-order valence-electron chi connectivity index (χ3n) is 7.02. The highest BCUT2D eigenvalue weighted by Gasteiger charge is 2.40. The average molecular weight is 547 g/mol. The van der Waals surface area contributed by atoms with E-state index < -0.39 is 21.5 Å². The molecule has 38 heavy (non-hydrogen) atoms. The van der Waals surface area contributed by atoms with E-state index in [2.05, 4.69) is 0 Å². The van der Waals surface area contributed by atoms with E-state index in [0.717, 1.165) is 12.8 Å². The van der Waals surface area contributed by atoms with E-state index in [0.29, 0.717) is 62.0 Å². The van der Waals surface area contributed by atoms with Gasteiger partial charge in [0.15, 0.2) is 15.5 Å². The molecule has 2 saturated heterocycles. The molecule has 1 aromatic carbocycles. The van der Waals surface area contributed by atoms with Crippen LogP contribution in [0.25, 0.3) is 11.3 Å². The van der Waals surface area contributed by atoms with Gasteiger partial charge in [-0.2, -0.15) is 5.10 Å². The number of methoxy groups -OCH3 is 1. The molecule has 0 bridgehead atoms. The molecule has 1 atom stereocenters. The van der Waals surface area contributed by atoms with Crippen molar-refractivity contribution in [3.05, 3.63) is 29.5 Å². The van der Waals surface area contributed by atoms with E-state index in [1.165, 1.54) is 13.2 Å². The molecule has 2 aromatic rings. The van der Waals surface area contributed by atoms with Gasteiger partial charge in [0.2, 0.25) is 0 Å². The number of piperidine rings is 1. The van der Waals surface area contributed by atoms with Gasteiger partial charge in [0.1, 0.15) is 11.4 Å². The number of benzene rings is 1. The van der Waals surface area contributed by atoms with Crippen LogP contribution in [0, 0.1) is 0 Å². The number of ether oxygens (including phenoxy) is 3. The van der Waals surface area contributed by atoms with Crippen molar-refractivity contribution in [2.75, 3.05) is 46.5 Å².